The Labute approximate surface area is 223 Å². The van der Waals surface area contributed by atoms with Gasteiger partial charge in [0.1, 0.15) is 13.3 Å². The molecule has 1 aromatic heterocycles. The molecular weight excluding hydrogens is 518 g/mol. The quantitative estimate of drug-likeness (QED) is 0.265. The van der Waals surface area contributed by atoms with Crippen LogP contribution in [-0.4, -0.2) is 63.6 Å². The van der Waals surface area contributed by atoms with Gasteiger partial charge in [0.05, 0.1) is 30.3 Å². The van der Waals surface area contributed by atoms with E-state index in [4.69, 9.17) is 25.8 Å². The number of halogens is 1. The third-order valence-electron chi connectivity index (χ3n) is 5.63. The third-order valence-corrected chi connectivity index (χ3v) is 7.61. The minimum absolute atomic E-state index is 0.0115. The Kier molecular flexibility index (Phi) is 9.60. The van der Waals surface area contributed by atoms with Gasteiger partial charge in [0.15, 0.2) is 5.82 Å². The summed E-state index contributed by atoms with van der Waals surface area (Å²) in [5.74, 6) is 0.418. The number of sulfonamides is 1. The van der Waals surface area contributed by atoms with E-state index in [1.807, 2.05) is 12.1 Å². The summed E-state index contributed by atoms with van der Waals surface area (Å²) in [7, 11) is -0.929. The minimum atomic E-state index is -4.10. The first-order valence-electron chi connectivity index (χ1n) is 11.8. The molecule has 2 aromatic carbocycles. The number of rotatable bonds is 12. The Bertz CT molecular complexity index is 1270. The molecule has 0 atom stereocenters. The summed E-state index contributed by atoms with van der Waals surface area (Å²) in [6.07, 6.45) is 0. The van der Waals surface area contributed by atoms with E-state index in [-0.39, 0.29) is 48.6 Å². The van der Waals surface area contributed by atoms with Gasteiger partial charge in [-0.05, 0) is 40.8 Å². The van der Waals surface area contributed by atoms with Gasteiger partial charge >= 0.3 is 0 Å². The van der Waals surface area contributed by atoms with Gasteiger partial charge in [0, 0.05) is 19.2 Å². The van der Waals surface area contributed by atoms with E-state index in [0.717, 1.165) is 9.87 Å². The van der Waals surface area contributed by atoms with Crippen molar-refractivity contribution in [1.29, 1.82) is 0 Å². The number of ether oxygens (including phenoxy) is 3. The summed E-state index contributed by atoms with van der Waals surface area (Å²) < 4.78 is 47.1. The zero-order chi connectivity index (χ0) is 27.2. The van der Waals surface area contributed by atoms with Crippen molar-refractivity contribution >= 4 is 27.4 Å². The van der Waals surface area contributed by atoms with Crippen LogP contribution in [0.1, 0.15) is 26.3 Å². The molecule has 0 amide bonds. The van der Waals surface area contributed by atoms with Gasteiger partial charge in [-0.25, -0.2) is 17.4 Å². The normalized spacial score (nSPS) is 12.1. The molecule has 11 heteroatoms. The second-order valence-corrected chi connectivity index (χ2v) is 11.7. The molecule has 0 fully saturated rings. The molecule has 0 radical (unpaired) electrons. The maximum atomic E-state index is 14.0. The topological polar surface area (TPSA) is 103 Å². The van der Waals surface area contributed by atoms with Crippen molar-refractivity contribution in [2.75, 3.05) is 44.6 Å². The van der Waals surface area contributed by atoms with Gasteiger partial charge in [-0.3, -0.25) is 0 Å². The molecule has 9 nitrogen and oxygen atoms in total. The maximum Gasteiger partial charge on any atom is 0.267 e. The lowest BCUT2D eigenvalue weighted by Crippen LogP contribution is -2.35. The first kappa shape index (κ1) is 28.9. The minimum Gasteiger partial charge on any atom is -0.474 e. The highest BCUT2D eigenvalue weighted by molar-refractivity contribution is 7.92. The molecule has 37 heavy (non-hydrogen) atoms. The average molecular weight is 552 g/mol. The number of anilines is 1. The molecule has 0 aliphatic rings. The van der Waals surface area contributed by atoms with Gasteiger partial charge < -0.3 is 19.3 Å². The molecule has 0 saturated carbocycles. The predicted octanol–water partition coefficient (Wildman–Crippen LogP) is 4.22. The third kappa shape index (κ3) is 6.82. The van der Waals surface area contributed by atoms with Gasteiger partial charge in [0.2, 0.25) is 5.88 Å². The molecule has 0 bridgehead atoms. The second kappa shape index (κ2) is 12.3. The molecule has 0 spiro atoms. The van der Waals surface area contributed by atoms with Crippen molar-refractivity contribution in [3.05, 3.63) is 59.1 Å². The van der Waals surface area contributed by atoms with Crippen LogP contribution in [-0.2, 0) is 32.0 Å². The number of aliphatic hydroxyl groups is 1. The number of aromatic nitrogens is 2. The summed E-state index contributed by atoms with van der Waals surface area (Å²) in [6, 6.07) is 13.7. The predicted molar refractivity (Wildman–Crippen MR) is 144 cm³/mol. The van der Waals surface area contributed by atoms with Crippen molar-refractivity contribution in [3.8, 4) is 17.0 Å². The number of nitrogens with zero attached hydrogens (tertiary/aromatic N) is 3. The Hall–Kier alpha value is -2.63. The van der Waals surface area contributed by atoms with Crippen molar-refractivity contribution in [2.24, 2.45) is 7.05 Å². The molecule has 3 rings (SSSR count). The largest absolute Gasteiger partial charge is 0.474 e. The van der Waals surface area contributed by atoms with Crippen LogP contribution in [0.3, 0.4) is 0 Å². The van der Waals surface area contributed by atoms with Gasteiger partial charge in [-0.15, -0.1) is 5.10 Å². The zero-order valence-electron chi connectivity index (χ0n) is 21.8. The number of hydrogen-bond donors (Lipinski definition) is 1. The number of hydrogen-bond acceptors (Lipinski definition) is 7. The van der Waals surface area contributed by atoms with Gasteiger partial charge in [-0.1, -0.05) is 56.6 Å². The molecular formula is C26H34ClN3O6S. The first-order chi connectivity index (χ1) is 17.5. The van der Waals surface area contributed by atoms with Gasteiger partial charge in [-0.2, -0.15) is 0 Å². The summed E-state index contributed by atoms with van der Waals surface area (Å²) >= 11 is 6.10. The van der Waals surface area contributed by atoms with E-state index >= 15 is 0 Å². The first-order valence-corrected chi connectivity index (χ1v) is 13.6. The molecule has 1 heterocycles. The van der Waals surface area contributed by atoms with E-state index in [1.54, 1.807) is 50.6 Å². The molecule has 1 N–H and O–H groups in total. The fraction of sp³-hybridized carbons (Fsp3) is 0.423. The van der Waals surface area contributed by atoms with E-state index in [1.165, 1.54) is 4.68 Å². The van der Waals surface area contributed by atoms with E-state index in [2.05, 4.69) is 25.9 Å². The van der Waals surface area contributed by atoms with Crippen LogP contribution in [0.2, 0.25) is 5.02 Å². The summed E-state index contributed by atoms with van der Waals surface area (Å²) in [5, 5.41) is 14.3. The SMILES string of the molecule is COCCOCN(c1c(-c2ccc(Cl)cc2)c(OCCO)nn1C)S(=O)(=O)c1ccc(C(C)(C)C)cc1. The molecule has 0 unspecified atom stereocenters. The Balaban J connectivity index is 2.18. The molecule has 202 valence electrons. The van der Waals surface area contributed by atoms with Crippen LogP contribution < -0.4 is 9.04 Å². The lowest BCUT2D eigenvalue weighted by Gasteiger charge is -2.26. The van der Waals surface area contributed by atoms with Crippen LogP contribution in [0.4, 0.5) is 5.82 Å². The van der Waals surface area contributed by atoms with E-state index in [9.17, 15) is 13.5 Å². The summed E-state index contributed by atoms with van der Waals surface area (Å²) in [5.41, 5.74) is 1.95. The van der Waals surface area contributed by atoms with Crippen molar-refractivity contribution in [3.63, 3.8) is 0 Å². The smallest absolute Gasteiger partial charge is 0.267 e. The Morgan fingerprint density at radius 1 is 1.03 bits per heavy atom. The molecule has 3 aromatic rings. The molecule has 0 aliphatic carbocycles. The van der Waals surface area contributed by atoms with E-state index < -0.39 is 10.0 Å². The fourth-order valence-electron chi connectivity index (χ4n) is 3.68. The average Bonchev–Trinajstić information content (AvgIpc) is 3.18. The molecule has 0 aliphatic heterocycles. The van der Waals surface area contributed by atoms with Crippen LogP contribution in [0.25, 0.3) is 11.1 Å². The second-order valence-electron chi connectivity index (χ2n) is 9.36. The van der Waals surface area contributed by atoms with E-state index in [0.29, 0.717) is 22.8 Å². The number of aliphatic hydroxyl groups excluding tert-OH is 1. The summed E-state index contributed by atoms with van der Waals surface area (Å²) in [6.45, 7) is 6.15. The van der Waals surface area contributed by atoms with Gasteiger partial charge in [0.25, 0.3) is 10.0 Å². The fourth-order valence-corrected chi connectivity index (χ4v) is 5.19. The number of benzene rings is 2. The maximum absolute atomic E-state index is 14.0. The Morgan fingerprint density at radius 3 is 2.24 bits per heavy atom. The van der Waals surface area contributed by atoms with Crippen LogP contribution >= 0.6 is 11.6 Å². The van der Waals surface area contributed by atoms with Crippen LogP contribution in [0.15, 0.2) is 53.4 Å². The highest BCUT2D eigenvalue weighted by Crippen LogP contribution is 2.41. The van der Waals surface area contributed by atoms with Crippen LogP contribution in [0, 0.1) is 0 Å². The lowest BCUT2D eigenvalue weighted by molar-refractivity contribution is 0.0753. The number of aryl methyl sites for hydroxylation is 1. The zero-order valence-corrected chi connectivity index (χ0v) is 23.3. The molecule has 0 saturated heterocycles. The number of methoxy groups -OCH3 is 1. The van der Waals surface area contributed by atoms with Crippen LogP contribution in [0.5, 0.6) is 5.88 Å². The van der Waals surface area contributed by atoms with Crippen molar-refractivity contribution in [1.82, 2.24) is 9.78 Å². The highest BCUT2D eigenvalue weighted by atomic mass is 35.5. The standard InChI is InChI=1S/C26H34ClN3O6S/c1-26(2,3)20-8-12-22(13-9-20)37(32,33)30(18-35-17-16-34-5)25-23(19-6-10-21(27)11-7-19)24(28-29(25)4)36-15-14-31/h6-13,31H,14-18H2,1-5H3. The Morgan fingerprint density at radius 2 is 1.68 bits per heavy atom. The van der Waals surface area contributed by atoms with Crippen molar-refractivity contribution < 1.29 is 27.7 Å². The van der Waals surface area contributed by atoms with Crippen molar-refractivity contribution in [2.45, 2.75) is 31.1 Å². The highest BCUT2D eigenvalue weighted by Gasteiger charge is 2.33. The monoisotopic (exact) mass is 551 g/mol. The summed E-state index contributed by atoms with van der Waals surface area (Å²) in [4.78, 5) is 0.108. The lowest BCUT2D eigenvalue weighted by atomic mass is 9.87.